The van der Waals surface area contributed by atoms with Crippen LogP contribution in [0.25, 0.3) is 0 Å². The predicted octanol–water partition coefficient (Wildman–Crippen LogP) is 4.10. The second kappa shape index (κ2) is 8.26. The number of hydrogen-bond donors (Lipinski definition) is 1. The number of nitrogens with one attached hydrogen (secondary N) is 1. The van der Waals surface area contributed by atoms with Gasteiger partial charge in [0.05, 0.1) is 12.7 Å². The van der Waals surface area contributed by atoms with Gasteiger partial charge in [0.25, 0.3) is 0 Å². The maximum atomic E-state index is 6.19. The molecule has 0 amide bonds. The van der Waals surface area contributed by atoms with Crippen molar-refractivity contribution in [3.63, 3.8) is 0 Å². The average molecular weight is 269 g/mol. The van der Waals surface area contributed by atoms with Crippen molar-refractivity contribution in [2.45, 2.75) is 73.0 Å². The molecule has 1 saturated carbocycles. The van der Waals surface area contributed by atoms with Gasteiger partial charge >= 0.3 is 0 Å². The molecule has 1 aliphatic carbocycles. The summed E-state index contributed by atoms with van der Waals surface area (Å²) in [6.45, 7) is 15.7. The topological polar surface area (TPSA) is 21.3 Å². The van der Waals surface area contributed by atoms with Crippen LogP contribution in [-0.4, -0.2) is 25.3 Å². The van der Waals surface area contributed by atoms with Gasteiger partial charge in [-0.15, -0.1) is 0 Å². The van der Waals surface area contributed by atoms with Crippen molar-refractivity contribution in [2.75, 3.05) is 13.2 Å². The molecule has 19 heavy (non-hydrogen) atoms. The molecule has 0 saturated heterocycles. The summed E-state index contributed by atoms with van der Waals surface area (Å²) in [6, 6.07) is 0.578. The molecule has 4 unspecified atom stereocenters. The Morgan fingerprint density at radius 3 is 2.37 bits per heavy atom. The molecule has 0 spiro atoms. The van der Waals surface area contributed by atoms with E-state index in [9.17, 15) is 0 Å². The number of rotatable bonds is 7. The fourth-order valence-corrected chi connectivity index (χ4v) is 3.04. The molecule has 0 bridgehead atoms. The first-order chi connectivity index (χ1) is 8.91. The van der Waals surface area contributed by atoms with E-state index in [4.69, 9.17) is 4.74 Å². The third-order valence-electron chi connectivity index (χ3n) is 4.86. The van der Waals surface area contributed by atoms with Crippen LogP contribution in [0.4, 0.5) is 0 Å². The highest BCUT2D eigenvalue weighted by atomic mass is 16.5. The molecule has 0 aromatic rings. The molecule has 0 heterocycles. The van der Waals surface area contributed by atoms with Crippen molar-refractivity contribution in [3.05, 3.63) is 0 Å². The minimum Gasteiger partial charge on any atom is -0.377 e. The van der Waals surface area contributed by atoms with Gasteiger partial charge < -0.3 is 10.1 Å². The summed E-state index contributed by atoms with van der Waals surface area (Å²) in [6.07, 6.45) is 4.47. The molecule has 4 atom stereocenters. The van der Waals surface area contributed by atoms with E-state index >= 15 is 0 Å². The third-order valence-corrected chi connectivity index (χ3v) is 4.86. The predicted molar refractivity (Wildman–Crippen MR) is 83.4 cm³/mol. The lowest BCUT2D eigenvalue weighted by Crippen LogP contribution is -2.38. The van der Waals surface area contributed by atoms with E-state index in [-0.39, 0.29) is 0 Å². The quantitative estimate of drug-likeness (QED) is 0.703. The first kappa shape index (κ1) is 17.0. The zero-order chi connectivity index (χ0) is 14.4. The standard InChI is InChI=1S/C17H35NO/c1-12(2)15(6)18-9-10-19-17-11-14(5)7-8-16(17)13(3)4/h12-18H,7-11H2,1-6H3. The molecule has 0 radical (unpaired) electrons. The summed E-state index contributed by atoms with van der Waals surface area (Å²) in [5.41, 5.74) is 0. The molecule has 1 N–H and O–H groups in total. The Bertz CT molecular complexity index is 239. The van der Waals surface area contributed by atoms with Crippen molar-refractivity contribution in [1.29, 1.82) is 0 Å². The fourth-order valence-electron chi connectivity index (χ4n) is 3.04. The molecular formula is C17H35NO. The number of hydrogen-bond acceptors (Lipinski definition) is 2. The van der Waals surface area contributed by atoms with E-state index in [2.05, 4.69) is 46.9 Å². The van der Waals surface area contributed by atoms with Crippen LogP contribution < -0.4 is 5.32 Å². The lowest BCUT2D eigenvalue weighted by Gasteiger charge is -2.37. The average Bonchev–Trinajstić information content (AvgIpc) is 2.33. The highest BCUT2D eigenvalue weighted by Gasteiger charge is 2.31. The highest BCUT2D eigenvalue weighted by Crippen LogP contribution is 2.35. The van der Waals surface area contributed by atoms with Gasteiger partial charge in [0.2, 0.25) is 0 Å². The smallest absolute Gasteiger partial charge is 0.0608 e. The van der Waals surface area contributed by atoms with Gasteiger partial charge in [0.1, 0.15) is 0 Å². The zero-order valence-corrected chi connectivity index (χ0v) is 13.9. The summed E-state index contributed by atoms with van der Waals surface area (Å²) in [4.78, 5) is 0. The van der Waals surface area contributed by atoms with Crippen LogP contribution in [0.2, 0.25) is 0 Å². The summed E-state index contributed by atoms with van der Waals surface area (Å²) in [5, 5.41) is 3.55. The van der Waals surface area contributed by atoms with Gasteiger partial charge in [0.15, 0.2) is 0 Å². The fraction of sp³-hybridized carbons (Fsp3) is 1.00. The Kier molecular flexibility index (Phi) is 7.38. The van der Waals surface area contributed by atoms with Crippen LogP contribution >= 0.6 is 0 Å². The van der Waals surface area contributed by atoms with Crippen LogP contribution in [-0.2, 0) is 4.74 Å². The second-order valence-corrected chi connectivity index (χ2v) is 7.22. The van der Waals surface area contributed by atoms with Crippen molar-refractivity contribution in [1.82, 2.24) is 5.32 Å². The molecule has 0 aromatic heterocycles. The second-order valence-electron chi connectivity index (χ2n) is 7.22. The molecule has 0 aliphatic heterocycles. The van der Waals surface area contributed by atoms with E-state index in [1.54, 1.807) is 0 Å². The van der Waals surface area contributed by atoms with Crippen LogP contribution in [0.5, 0.6) is 0 Å². The van der Waals surface area contributed by atoms with Gasteiger partial charge in [-0.2, -0.15) is 0 Å². The maximum absolute atomic E-state index is 6.19. The zero-order valence-electron chi connectivity index (χ0n) is 13.9. The van der Waals surface area contributed by atoms with Crippen molar-refractivity contribution in [2.24, 2.45) is 23.7 Å². The molecule has 2 nitrogen and oxygen atoms in total. The molecule has 0 aromatic carbocycles. The molecule has 1 rings (SSSR count). The van der Waals surface area contributed by atoms with E-state index in [1.807, 2.05) is 0 Å². The van der Waals surface area contributed by atoms with Crippen molar-refractivity contribution < 1.29 is 4.74 Å². The Labute approximate surface area is 120 Å². The summed E-state index contributed by atoms with van der Waals surface area (Å²) < 4.78 is 6.19. The normalized spacial score (nSPS) is 30.0. The van der Waals surface area contributed by atoms with E-state index < -0.39 is 0 Å². The third kappa shape index (κ3) is 5.83. The minimum atomic E-state index is 0.486. The van der Waals surface area contributed by atoms with Crippen LogP contribution in [0.1, 0.15) is 60.8 Å². The molecule has 114 valence electrons. The Hall–Kier alpha value is -0.0800. The van der Waals surface area contributed by atoms with Gasteiger partial charge in [-0.1, -0.05) is 41.0 Å². The first-order valence-electron chi connectivity index (χ1n) is 8.26. The summed E-state index contributed by atoms with van der Waals surface area (Å²) in [5.74, 6) is 3.04. The Morgan fingerprint density at radius 1 is 1.11 bits per heavy atom. The molecule has 1 fully saturated rings. The van der Waals surface area contributed by atoms with Gasteiger partial charge in [-0.05, 0) is 43.4 Å². The largest absolute Gasteiger partial charge is 0.377 e. The SMILES string of the molecule is CC1CCC(C(C)C)C(OCCNC(C)C(C)C)C1. The highest BCUT2D eigenvalue weighted by molar-refractivity contribution is 4.81. The van der Waals surface area contributed by atoms with E-state index in [1.165, 1.54) is 19.3 Å². The summed E-state index contributed by atoms with van der Waals surface area (Å²) >= 11 is 0. The molecule has 1 aliphatic rings. The van der Waals surface area contributed by atoms with Gasteiger partial charge in [0, 0.05) is 12.6 Å². The van der Waals surface area contributed by atoms with Crippen molar-refractivity contribution in [3.8, 4) is 0 Å². The van der Waals surface area contributed by atoms with Crippen LogP contribution in [0.15, 0.2) is 0 Å². The molecular weight excluding hydrogens is 234 g/mol. The monoisotopic (exact) mass is 269 g/mol. The lowest BCUT2D eigenvalue weighted by molar-refractivity contribution is -0.0373. The van der Waals surface area contributed by atoms with Gasteiger partial charge in [-0.3, -0.25) is 0 Å². The van der Waals surface area contributed by atoms with E-state index in [0.29, 0.717) is 18.1 Å². The van der Waals surface area contributed by atoms with Crippen molar-refractivity contribution >= 4 is 0 Å². The maximum Gasteiger partial charge on any atom is 0.0608 e. The summed E-state index contributed by atoms with van der Waals surface area (Å²) in [7, 11) is 0. The minimum absolute atomic E-state index is 0.486. The number of ether oxygens (including phenoxy) is 1. The van der Waals surface area contributed by atoms with Crippen LogP contribution in [0.3, 0.4) is 0 Å². The van der Waals surface area contributed by atoms with Crippen LogP contribution in [0, 0.1) is 23.7 Å². The Morgan fingerprint density at radius 2 is 1.79 bits per heavy atom. The first-order valence-corrected chi connectivity index (χ1v) is 8.26. The van der Waals surface area contributed by atoms with Gasteiger partial charge in [-0.25, -0.2) is 0 Å². The molecule has 2 heteroatoms. The van der Waals surface area contributed by atoms with E-state index in [0.717, 1.165) is 30.9 Å². The Balaban J connectivity index is 2.28. The lowest BCUT2D eigenvalue weighted by atomic mass is 9.75.